The van der Waals surface area contributed by atoms with Crippen molar-refractivity contribution in [3.05, 3.63) is 42.0 Å². The SMILES string of the molecule is O=C(CC1C=CCC1)Nc1ccc(F)c(-c2nnc3n2CCCCC3)c1. The Kier molecular flexibility index (Phi) is 4.82. The lowest BCUT2D eigenvalue weighted by molar-refractivity contribution is -0.116. The fourth-order valence-electron chi connectivity index (χ4n) is 3.77. The van der Waals surface area contributed by atoms with E-state index in [-0.39, 0.29) is 11.7 Å². The first-order valence-corrected chi connectivity index (χ1v) is 9.39. The zero-order chi connectivity index (χ0) is 17.9. The van der Waals surface area contributed by atoms with Gasteiger partial charge in [0.05, 0.1) is 5.56 Å². The Morgan fingerprint density at radius 3 is 3.04 bits per heavy atom. The number of allylic oxidation sites excluding steroid dienone is 2. The Balaban J connectivity index is 1.56. The summed E-state index contributed by atoms with van der Waals surface area (Å²) in [4.78, 5) is 12.3. The van der Waals surface area contributed by atoms with Crippen molar-refractivity contribution in [3.8, 4) is 11.4 Å². The van der Waals surface area contributed by atoms with Crippen LogP contribution < -0.4 is 5.32 Å². The van der Waals surface area contributed by atoms with Crippen LogP contribution in [0.25, 0.3) is 11.4 Å². The number of hydrogen-bond acceptors (Lipinski definition) is 3. The van der Waals surface area contributed by atoms with Gasteiger partial charge in [0.2, 0.25) is 5.91 Å². The minimum Gasteiger partial charge on any atom is -0.326 e. The number of rotatable bonds is 4. The molecule has 26 heavy (non-hydrogen) atoms. The molecule has 1 amide bonds. The standard InChI is InChI=1S/C20H23FN4O/c21-17-10-9-15(22-19(26)12-14-6-3-4-7-14)13-16(17)20-24-23-18-8-2-1-5-11-25(18)20/h3,6,9-10,13-14H,1-2,4-5,7-8,11-12H2,(H,22,26). The molecular weight excluding hydrogens is 331 g/mol. The van der Waals surface area contributed by atoms with Gasteiger partial charge in [0.15, 0.2) is 5.82 Å². The molecule has 0 bridgehead atoms. The number of benzene rings is 1. The summed E-state index contributed by atoms with van der Waals surface area (Å²) in [6, 6.07) is 4.65. The fourth-order valence-corrected chi connectivity index (χ4v) is 3.77. The Labute approximate surface area is 152 Å². The summed E-state index contributed by atoms with van der Waals surface area (Å²) in [6.45, 7) is 0.807. The quantitative estimate of drug-likeness (QED) is 0.841. The molecule has 136 valence electrons. The molecule has 5 nitrogen and oxygen atoms in total. The van der Waals surface area contributed by atoms with Crippen molar-refractivity contribution in [3.63, 3.8) is 0 Å². The molecule has 1 unspecified atom stereocenters. The van der Waals surface area contributed by atoms with Crippen LogP contribution >= 0.6 is 0 Å². The van der Waals surface area contributed by atoms with E-state index in [1.165, 1.54) is 6.07 Å². The van der Waals surface area contributed by atoms with Crippen molar-refractivity contribution in [1.82, 2.24) is 14.8 Å². The summed E-state index contributed by atoms with van der Waals surface area (Å²) in [5.74, 6) is 1.39. The van der Waals surface area contributed by atoms with Gasteiger partial charge in [-0.2, -0.15) is 0 Å². The maximum absolute atomic E-state index is 14.5. The van der Waals surface area contributed by atoms with Crippen LogP contribution in [0.15, 0.2) is 30.4 Å². The summed E-state index contributed by atoms with van der Waals surface area (Å²) in [7, 11) is 0. The number of nitrogens with one attached hydrogen (secondary N) is 1. The van der Waals surface area contributed by atoms with Gasteiger partial charge < -0.3 is 9.88 Å². The van der Waals surface area contributed by atoms with Crippen molar-refractivity contribution in [2.45, 2.75) is 51.5 Å². The summed E-state index contributed by atoms with van der Waals surface area (Å²) in [6.07, 6.45) is 10.9. The Morgan fingerprint density at radius 2 is 2.19 bits per heavy atom. The third kappa shape index (κ3) is 3.54. The Bertz CT molecular complexity index is 842. The van der Waals surface area contributed by atoms with E-state index in [9.17, 15) is 9.18 Å². The summed E-state index contributed by atoms with van der Waals surface area (Å²) >= 11 is 0. The number of aromatic nitrogens is 3. The molecule has 0 spiro atoms. The monoisotopic (exact) mass is 354 g/mol. The van der Waals surface area contributed by atoms with Crippen LogP contribution in [0.1, 0.15) is 44.3 Å². The number of anilines is 1. The second-order valence-corrected chi connectivity index (χ2v) is 7.11. The van der Waals surface area contributed by atoms with Gasteiger partial charge in [-0.3, -0.25) is 4.79 Å². The van der Waals surface area contributed by atoms with Gasteiger partial charge in [0, 0.05) is 25.1 Å². The number of aryl methyl sites for hydroxylation is 1. The summed E-state index contributed by atoms with van der Waals surface area (Å²) < 4.78 is 16.5. The summed E-state index contributed by atoms with van der Waals surface area (Å²) in [5.41, 5.74) is 0.989. The number of hydrogen-bond donors (Lipinski definition) is 1. The molecule has 6 heteroatoms. The normalized spacial score (nSPS) is 19.2. The van der Waals surface area contributed by atoms with E-state index >= 15 is 0 Å². The molecule has 4 rings (SSSR count). The molecule has 0 saturated heterocycles. The molecule has 1 aromatic heterocycles. The average molecular weight is 354 g/mol. The molecule has 1 aliphatic carbocycles. The van der Waals surface area contributed by atoms with E-state index in [4.69, 9.17) is 0 Å². The molecule has 0 fully saturated rings. The second kappa shape index (κ2) is 7.40. The largest absolute Gasteiger partial charge is 0.326 e. The van der Waals surface area contributed by atoms with Crippen LogP contribution in [0.3, 0.4) is 0 Å². The predicted molar refractivity (Wildman–Crippen MR) is 98.1 cm³/mol. The minimum absolute atomic E-state index is 0.0424. The highest BCUT2D eigenvalue weighted by molar-refractivity contribution is 5.91. The van der Waals surface area contributed by atoms with Gasteiger partial charge in [0.1, 0.15) is 11.6 Å². The van der Waals surface area contributed by atoms with E-state index in [2.05, 4.69) is 27.7 Å². The molecule has 2 aromatic rings. The van der Waals surface area contributed by atoms with Crippen LogP contribution in [-0.2, 0) is 17.8 Å². The second-order valence-electron chi connectivity index (χ2n) is 7.11. The van der Waals surface area contributed by atoms with Gasteiger partial charge in [0.25, 0.3) is 0 Å². The lowest BCUT2D eigenvalue weighted by Gasteiger charge is -2.11. The van der Waals surface area contributed by atoms with E-state index in [0.717, 1.165) is 50.9 Å². The molecular formula is C20H23FN4O. The van der Waals surface area contributed by atoms with Crippen molar-refractivity contribution in [2.75, 3.05) is 5.32 Å². The molecule has 2 aliphatic rings. The molecule has 1 N–H and O–H groups in total. The number of nitrogens with zero attached hydrogens (tertiary/aromatic N) is 3. The number of carbonyl (C=O) groups excluding carboxylic acids is 1. The molecule has 0 saturated carbocycles. The zero-order valence-electron chi connectivity index (χ0n) is 14.7. The number of amides is 1. The van der Waals surface area contributed by atoms with E-state index in [0.29, 0.717) is 29.4 Å². The highest BCUT2D eigenvalue weighted by Crippen LogP contribution is 2.28. The third-order valence-corrected chi connectivity index (χ3v) is 5.16. The van der Waals surface area contributed by atoms with E-state index in [1.807, 2.05) is 4.57 Å². The number of fused-ring (bicyclic) bond motifs is 1. The van der Waals surface area contributed by atoms with Crippen LogP contribution in [0.4, 0.5) is 10.1 Å². The predicted octanol–water partition coefficient (Wildman–Crippen LogP) is 4.11. The molecule has 1 aliphatic heterocycles. The number of carbonyl (C=O) groups is 1. The highest BCUT2D eigenvalue weighted by Gasteiger charge is 2.20. The van der Waals surface area contributed by atoms with Crippen LogP contribution in [0.5, 0.6) is 0 Å². The lowest BCUT2D eigenvalue weighted by Crippen LogP contribution is -2.15. The molecule has 1 aromatic carbocycles. The molecule has 2 heterocycles. The van der Waals surface area contributed by atoms with Crippen LogP contribution in [-0.4, -0.2) is 20.7 Å². The topological polar surface area (TPSA) is 59.8 Å². The first-order chi connectivity index (χ1) is 12.7. The first-order valence-electron chi connectivity index (χ1n) is 9.39. The number of halogens is 1. The van der Waals surface area contributed by atoms with E-state index < -0.39 is 0 Å². The van der Waals surface area contributed by atoms with Crippen molar-refractivity contribution >= 4 is 11.6 Å². The van der Waals surface area contributed by atoms with Crippen molar-refractivity contribution < 1.29 is 9.18 Å². The van der Waals surface area contributed by atoms with Crippen LogP contribution in [0, 0.1) is 11.7 Å². The van der Waals surface area contributed by atoms with Gasteiger partial charge in [-0.15, -0.1) is 10.2 Å². The summed E-state index contributed by atoms with van der Waals surface area (Å²) in [5, 5.41) is 11.4. The smallest absolute Gasteiger partial charge is 0.224 e. The Morgan fingerprint density at radius 1 is 1.27 bits per heavy atom. The maximum Gasteiger partial charge on any atom is 0.224 e. The highest BCUT2D eigenvalue weighted by atomic mass is 19.1. The van der Waals surface area contributed by atoms with Crippen molar-refractivity contribution in [1.29, 1.82) is 0 Å². The first kappa shape index (κ1) is 16.9. The van der Waals surface area contributed by atoms with Gasteiger partial charge >= 0.3 is 0 Å². The Hall–Kier alpha value is -2.50. The molecule has 1 atom stereocenters. The van der Waals surface area contributed by atoms with Gasteiger partial charge in [-0.1, -0.05) is 18.6 Å². The third-order valence-electron chi connectivity index (χ3n) is 5.16. The van der Waals surface area contributed by atoms with Crippen molar-refractivity contribution in [2.24, 2.45) is 5.92 Å². The van der Waals surface area contributed by atoms with Crippen LogP contribution in [0.2, 0.25) is 0 Å². The zero-order valence-corrected chi connectivity index (χ0v) is 14.7. The van der Waals surface area contributed by atoms with Gasteiger partial charge in [-0.05, 0) is 49.8 Å². The maximum atomic E-state index is 14.5. The lowest BCUT2D eigenvalue weighted by atomic mass is 10.0. The average Bonchev–Trinajstić information content (AvgIpc) is 3.21. The molecule has 0 radical (unpaired) electrons. The van der Waals surface area contributed by atoms with E-state index in [1.54, 1.807) is 12.1 Å². The fraction of sp³-hybridized carbons (Fsp3) is 0.450. The minimum atomic E-state index is -0.346. The van der Waals surface area contributed by atoms with Gasteiger partial charge in [-0.25, -0.2) is 4.39 Å².